The molecular weight excluding hydrogens is 930 g/mol. The van der Waals surface area contributed by atoms with Crippen LogP contribution >= 0.6 is 11.6 Å². The topological polar surface area (TPSA) is 244 Å². The molecule has 4 aromatic carbocycles. The molecule has 2 atom stereocenters. The third kappa shape index (κ3) is 12.6. The predicted octanol–water partition coefficient (Wildman–Crippen LogP) is 5.35. The van der Waals surface area contributed by atoms with Crippen molar-refractivity contribution in [3.8, 4) is 11.3 Å². The number of ether oxygens (including phenoxy) is 3. The number of hydrogen-bond acceptors (Lipinski definition) is 15. The van der Waals surface area contributed by atoms with Crippen molar-refractivity contribution < 1.29 is 47.3 Å². The van der Waals surface area contributed by atoms with Gasteiger partial charge in [-0.25, -0.2) is 18.7 Å². The Morgan fingerprint density at radius 3 is 2.41 bits per heavy atom. The zero-order valence-corrected chi connectivity index (χ0v) is 38.6. The summed E-state index contributed by atoms with van der Waals surface area (Å²) in [5.41, 5.74) is 5.27. The molecule has 364 valence electrons. The average Bonchev–Trinajstić information content (AvgIpc) is 3.58. The molecule has 2 aliphatic rings. The van der Waals surface area contributed by atoms with E-state index in [-0.39, 0.29) is 82.4 Å². The number of aliphatic hydroxyl groups excluding tert-OH is 1. The summed E-state index contributed by atoms with van der Waals surface area (Å²) in [6, 6.07) is 19.8. The molecule has 2 unspecified atom stereocenters. The number of carbonyl (C=O) groups excluding carboxylic acids is 4. The molecule has 21 heteroatoms. The van der Waals surface area contributed by atoms with Crippen molar-refractivity contribution >= 4 is 70.7 Å². The molecule has 0 fully saturated rings. The number of hydrogen-bond donors (Lipinski definition) is 5. The van der Waals surface area contributed by atoms with Crippen LogP contribution in [0, 0.1) is 11.6 Å². The summed E-state index contributed by atoms with van der Waals surface area (Å²) >= 11 is 6.35. The van der Waals surface area contributed by atoms with E-state index in [9.17, 15) is 33.1 Å². The Morgan fingerprint density at radius 2 is 1.67 bits per heavy atom. The van der Waals surface area contributed by atoms with Gasteiger partial charge in [-0.1, -0.05) is 49.2 Å². The molecule has 5 aromatic rings. The average molecular weight is 979 g/mol. The highest BCUT2D eigenvalue weighted by Gasteiger charge is 2.36. The Bertz CT molecular complexity index is 2790. The molecule has 0 aliphatic carbocycles. The van der Waals surface area contributed by atoms with Gasteiger partial charge in [0.2, 0.25) is 24.2 Å². The maximum atomic E-state index is 14.9. The van der Waals surface area contributed by atoms with Crippen molar-refractivity contribution in [2.24, 2.45) is 20.9 Å². The third-order valence-corrected chi connectivity index (χ3v) is 11.3. The Morgan fingerprint density at radius 1 is 0.943 bits per heavy atom. The Kier molecular flexibility index (Phi) is 17.5. The van der Waals surface area contributed by atoms with E-state index < -0.39 is 35.6 Å². The van der Waals surface area contributed by atoms with E-state index in [4.69, 9.17) is 36.6 Å². The molecule has 70 heavy (non-hydrogen) atoms. The summed E-state index contributed by atoms with van der Waals surface area (Å²) in [5.74, 6) is 3.18. The van der Waals surface area contributed by atoms with E-state index in [1.165, 1.54) is 29.3 Å². The lowest BCUT2D eigenvalue weighted by atomic mass is 9.95. The van der Waals surface area contributed by atoms with Gasteiger partial charge in [-0.15, -0.1) is 0 Å². The zero-order valence-electron chi connectivity index (χ0n) is 37.9. The number of anilines is 3. The van der Waals surface area contributed by atoms with E-state index in [1.54, 1.807) is 66.9 Å². The number of nitrogens with zero attached hydrogens (tertiary/aromatic N) is 6. The molecule has 7 rings (SSSR count). The number of amides is 4. The number of benzene rings is 4. The number of hydrazone groups is 1. The first-order valence-electron chi connectivity index (χ1n) is 22.2. The number of nitrogens with one attached hydrogen (secondary N) is 3. The number of carbonyl (C=O) groups is 4. The van der Waals surface area contributed by atoms with Gasteiger partial charge >= 0.3 is 0 Å². The standard InChI is InChI=1S/C49H49ClF2N10O8/c1-2-4-42(47(66)57-28-63)62-25-30-19-34(12-14-36(30)48(62)67)58-43(65)27-70-18-16-68-15-17-69-26-35(64)23-54-24-41(61-53)29-7-10-33(11-8-29)59-49-56-22-31-21-55-46(44-39(51)5-3-6-40(44)52)38-20-32(50)9-13-37(38)45(31)60-49/h3,5-14,19-20,22,24,28,35,42,64H,2,4,15-18,21,23,25-27,53H2,1H3,(H,58,65)(H,56,59,60)(H,57,63,66). The number of fused-ring (bicyclic) bond motifs is 4. The van der Waals surface area contributed by atoms with Crippen LogP contribution in [0.2, 0.25) is 5.02 Å². The summed E-state index contributed by atoms with van der Waals surface area (Å²) in [7, 11) is 0. The molecule has 0 saturated carbocycles. The van der Waals surface area contributed by atoms with Crippen molar-refractivity contribution in [1.29, 1.82) is 0 Å². The van der Waals surface area contributed by atoms with Crippen LogP contribution < -0.4 is 21.8 Å². The smallest absolute Gasteiger partial charge is 0.255 e. The number of imide groups is 1. The maximum Gasteiger partial charge on any atom is 0.255 e. The van der Waals surface area contributed by atoms with Crippen molar-refractivity contribution in [1.82, 2.24) is 20.2 Å². The number of aromatic nitrogens is 2. The van der Waals surface area contributed by atoms with Crippen LogP contribution in [0.15, 0.2) is 100 Å². The Hall–Kier alpha value is -7.36. The van der Waals surface area contributed by atoms with Crippen molar-refractivity contribution in [3.05, 3.63) is 135 Å². The van der Waals surface area contributed by atoms with E-state index in [0.29, 0.717) is 80.4 Å². The number of rotatable bonds is 23. The van der Waals surface area contributed by atoms with Gasteiger partial charge < -0.3 is 40.7 Å². The lowest BCUT2D eigenvalue weighted by molar-refractivity contribution is -0.129. The second kappa shape index (κ2) is 24.3. The molecule has 1 aromatic heterocycles. The van der Waals surface area contributed by atoms with E-state index >= 15 is 0 Å². The van der Waals surface area contributed by atoms with Crippen LogP contribution in [0.1, 0.15) is 57.9 Å². The van der Waals surface area contributed by atoms with Gasteiger partial charge in [-0.05, 0) is 66.6 Å². The highest BCUT2D eigenvalue weighted by molar-refractivity contribution is 6.38. The number of aliphatic imine (C=N–C) groups is 2. The molecule has 6 N–H and O–H groups in total. The first-order valence-corrected chi connectivity index (χ1v) is 22.5. The van der Waals surface area contributed by atoms with Gasteiger partial charge in [0.05, 0.1) is 69.2 Å². The van der Waals surface area contributed by atoms with Crippen LogP contribution in [-0.2, 0) is 41.7 Å². The van der Waals surface area contributed by atoms with Gasteiger partial charge in [0, 0.05) is 63.2 Å². The normalized spacial score (nSPS) is 14.0. The molecule has 2 aliphatic heterocycles. The second-order valence-electron chi connectivity index (χ2n) is 15.9. The highest BCUT2D eigenvalue weighted by Crippen LogP contribution is 2.35. The first kappa shape index (κ1) is 50.5. The van der Waals surface area contributed by atoms with Crippen molar-refractivity contribution in [2.75, 3.05) is 56.8 Å². The van der Waals surface area contributed by atoms with Crippen LogP contribution in [0.5, 0.6) is 0 Å². The highest BCUT2D eigenvalue weighted by atomic mass is 35.5. The van der Waals surface area contributed by atoms with Crippen LogP contribution in [0.3, 0.4) is 0 Å². The predicted molar refractivity (Wildman–Crippen MR) is 258 cm³/mol. The number of aliphatic hydroxyl groups is 1. The summed E-state index contributed by atoms with van der Waals surface area (Å²) in [4.78, 5) is 68.2. The lowest BCUT2D eigenvalue weighted by Gasteiger charge is -2.25. The molecule has 0 saturated heterocycles. The van der Waals surface area contributed by atoms with Crippen molar-refractivity contribution in [2.45, 2.75) is 45.0 Å². The zero-order chi connectivity index (χ0) is 49.6. The van der Waals surface area contributed by atoms with Gasteiger partial charge in [-0.2, -0.15) is 5.10 Å². The van der Waals surface area contributed by atoms with Crippen molar-refractivity contribution in [3.63, 3.8) is 0 Å². The molecular formula is C49H49ClF2N10O8. The second-order valence-corrected chi connectivity index (χ2v) is 16.3. The van der Waals surface area contributed by atoms with Crippen LogP contribution in [-0.4, -0.2) is 120 Å². The largest absolute Gasteiger partial charge is 0.389 e. The SMILES string of the molecule is CCCC(C(=O)NC=O)N1Cc2cc(NC(=O)COCCOCCOCC(O)CN=CC(=NN)c3ccc(Nc4ncc5c(n4)-c4ccc(Cl)cc4C(c4c(F)cccc4F)=NC5)cc3)ccc2C1=O. The molecule has 0 spiro atoms. The minimum Gasteiger partial charge on any atom is -0.389 e. The first-order chi connectivity index (χ1) is 34.0. The molecule has 0 radical (unpaired) electrons. The Labute approximate surface area is 406 Å². The fourth-order valence-corrected chi connectivity index (χ4v) is 7.89. The molecule has 0 bridgehead atoms. The number of halogens is 3. The quantitative estimate of drug-likeness (QED) is 0.0183. The van der Waals surface area contributed by atoms with E-state index in [0.717, 1.165) is 0 Å². The minimum absolute atomic E-state index is 0.00104. The van der Waals surface area contributed by atoms with Gasteiger partial charge in [0.25, 0.3) is 5.91 Å². The minimum atomic E-state index is -0.912. The summed E-state index contributed by atoms with van der Waals surface area (Å²) in [6.45, 7) is 2.66. The molecule has 18 nitrogen and oxygen atoms in total. The van der Waals surface area contributed by atoms with Gasteiger partial charge in [0.15, 0.2) is 0 Å². The van der Waals surface area contributed by atoms with Gasteiger partial charge in [-0.3, -0.25) is 34.5 Å². The summed E-state index contributed by atoms with van der Waals surface area (Å²) in [6.07, 6.45) is 3.48. The maximum absolute atomic E-state index is 14.9. The van der Waals surface area contributed by atoms with E-state index in [1.807, 2.05) is 6.92 Å². The monoisotopic (exact) mass is 978 g/mol. The summed E-state index contributed by atoms with van der Waals surface area (Å²) < 4.78 is 46.3. The van der Waals surface area contributed by atoms with Gasteiger partial charge in [0.1, 0.15) is 30.0 Å². The lowest BCUT2D eigenvalue weighted by Crippen LogP contribution is -2.46. The third-order valence-electron chi connectivity index (χ3n) is 11.0. The molecule has 3 heterocycles. The summed E-state index contributed by atoms with van der Waals surface area (Å²) in [5, 5.41) is 22.6. The van der Waals surface area contributed by atoms with Crippen LogP contribution in [0.25, 0.3) is 11.3 Å². The van der Waals surface area contributed by atoms with E-state index in [2.05, 4.69) is 36.0 Å². The molecule has 4 amide bonds. The van der Waals surface area contributed by atoms with Crippen LogP contribution in [0.4, 0.5) is 26.1 Å². The Balaban J connectivity index is 0.791. The number of nitrogens with two attached hydrogens (primary N) is 1. The fraction of sp³-hybridized carbons (Fsp3) is 0.286. The fourth-order valence-electron chi connectivity index (χ4n) is 7.72.